The molecule has 0 spiro atoms. The Labute approximate surface area is 221 Å². The van der Waals surface area contributed by atoms with Gasteiger partial charge in [-0.05, 0) is 73.0 Å². The molecule has 0 radical (unpaired) electrons. The van der Waals surface area contributed by atoms with E-state index in [2.05, 4.69) is 102 Å². The summed E-state index contributed by atoms with van der Waals surface area (Å²) in [6, 6.07) is 29.7. The molecule has 1 heterocycles. The van der Waals surface area contributed by atoms with Crippen molar-refractivity contribution in [3.8, 4) is 0 Å². The highest BCUT2D eigenvalue weighted by Gasteiger charge is 2.27. The second kappa shape index (κ2) is 12.5. The average Bonchev–Trinajstić information content (AvgIpc) is 2.95. The Balaban J connectivity index is 1.19. The van der Waals surface area contributed by atoms with Gasteiger partial charge < -0.3 is 9.64 Å². The van der Waals surface area contributed by atoms with E-state index in [4.69, 9.17) is 16.3 Å². The van der Waals surface area contributed by atoms with Crippen LogP contribution in [0, 0.1) is 11.8 Å². The van der Waals surface area contributed by atoms with Crippen molar-refractivity contribution >= 4 is 11.6 Å². The Hall–Kier alpha value is -2.65. The van der Waals surface area contributed by atoms with Gasteiger partial charge in [0.1, 0.15) is 6.10 Å². The molecule has 3 heteroatoms. The molecule has 0 bridgehead atoms. The van der Waals surface area contributed by atoms with Crippen LogP contribution in [0.5, 0.6) is 0 Å². The highest BCUT2D eigenvalue weighted by Crippen LogP contribution is 2.33. The first-order valence-electron chi connectivity index (χ1n) is 13.3. The van der Waals surface area contributed by atoms with E-state index in [0.29, 0.717) is 17.8 Å². The predicted molar refractivity (Wildman–Crippen MR) is 150 cm³/mol. The number of nitrogens with zero attached hydrogens (tertiary/aromatic N) is 1. The van der Waals surface area contributed by atoms with Gasteiger partial charge in [-0.25, -0.2) is 0 Å². The Morgan fingerprint density at radius 3 is 2.06 bits per heavy atom. The first kappa shape index (κ1) is 25.0. The van der Waals surface area contributed by atoms with Gasteiger partial charge in [-0.2, -0.15) is 0 Å². The van der Waals surface area contributed by atoms with Gasteiger partial charge in [-0.15, -0.1) is 0 Å². The molecular weight excluding hydrogens is 462 g/mol. The quantitative estimate of drug-likeness (QED) is 0.296. The minimum absolute atomic E-state index is 0.0601. The minimum atomic E-state index is -0.0601. The molecule has 1 fully saturated rings. The molecule has 5 rings (SSSR count). The van der Waals surface area contributed by atoms with Crippen LogP contribution in [-0.2, 0) is 4.74 Å². The maximum absolute atomic E-state index is 6.60. The van der Waals surface area contributed by atoms with Crippen LogP contribution in [0.4, 0.5) is 0 Å². The third-order valence-electron chi connectivity index (χ3n) is 7.69. The first-order valence-corrected chi connectivity index (χ1v) is 13.7. The third-order valence-corrected chi connectivity index (χ3v) is 7.95. The van der Waals surface area contributed by atoms with E-state index in [9.17, 15) is 0 Å². The van der Waals surface area contributed by atoms with Gasteiger partial charge in [0.05, 0.1) is 6.61 Å². The standard InChI is InChI=1S/C33H36ClNO/c34-31-18-16-30(17-19-31)33(29-14-8-3-9-15-29)36-25-26-20-22-35(23-21-26)24-32(27-10-4-1-5-11-27)28-12-6-2-7-13-28/h1-12,14-19,26,28,32-33H,13,20-25H2. The van der Waals surface area contributed by atoms with Crippen LogP contribution in [0.25, 0.3) is 0 Å². The highest BCUT2D eigenvalue weighted by molar-refractivity contribution is 6.30. The van der Waals surface area contributed by atoms with Crippen LogP contribution < -0.4 is 0 Å². The minimum Gasteiger partial charge on any atom is -0.368 e. The third kappa shape index (κ3) is 6.56. The monoisotopic (exact) mass is 497 g/mol. The molecule has 3 aromatic carbocycles. The summed E-state index contributed by atoms with van der Waals surface area (Å²) in [5.74, 6) is 1.70. The van der Waals surface area contributed by atoms with Gasteiger partial charge in [-0.1, -0.05) is 109 Å². The summed E-state index contributed by atoms with van der Waals surface area (Å²) in [7, 11) is 0. The Kier molecular flexibility index (Phi) is 8.72. The lowest BCUT2D eigenvalue weighted by Crippen LogP contribution is -2.39. The Morgan fingerprint density at radius 2 is 1.42 bits per heavy atom. The number of ether oxygens (including phenoxy) is 1. The summed E-state index contributed by atoms with van der Waals surface area (Å²) in [4.78, 5) is 2.67. The fourth-order valence-electron chi connectivity index (χ4n) is 5.58. The summed E-state index contributed by atoms with van der Waals surface area (Å²) in [6.45, 7) is 4.19. The topological polar surface area (TPSA) is 12.5 Å². The normalized spacial score (nSPS) is 20.3. The van der Waals surface area contributed by atoms with E-state index in [0.717, 1.165) is 43.2 Å². The second-order valence-electron chi connectivity index (χ2n) is 10.1. The zero-order chi connectivity index (χ0) is 24.6. The maximum Gasteiger partial charge on any atom is 0.108 e. The summed E-state index contributed by atoms with van der Waals surface area (Å²) in [5, 5.41) is 0.756. The average molecular weight is 498 g/mol. The van der Waals surface area contributed by atoms with Crippen LogP contribution in [-0.4, -0.2) is 31.1 Å². The molecular formula is C33H36ClNO. The van der Waals surface area contributed by atoms with E-state index in [1.165, 1.54) is 24.0 Å². The van der Waals surface area contributed by atoms with Crippen molar-refractivity contribution in [3.63, 3.8) is 0 Å². The van der Waals surface area contributed by atoms with Gasteiger partial charge in [0.25, 0.3) is 0 Å². The molecule has 2 aliphatic rings. The summed E-state index contributed by atoms with van der Waals surface area (Å²) >= 11 is 6.15. The number of rotatable bonds is 9. The Morgan fingerprint density at radius 1 is 0.778 bits per heavy atom. The smallest absolute Gasteiger partial charge is 0.108 e. The Bertz CT molecular complexity index is 1120. The zero-order valence-corrected chi connectivity index (χ0v) is 21.6. The van der Waals surface area contributed by atoms with Crippen molar-refractivity contribution < 1.29 is 4.74 Å². The van der Waals surface area contributed by atoms with Crippen molar-refractivity contribution in [1.29, 1.82) is 0 Å². The number of benzene rings is 3. The van der Waals surface area contributed by atoms with Gasteiger partial charge in [-0.3, -0.25) is 0 Å². The van der Waals surface area contributed by atoms with E-state index in [1.807, 2.05) is 12.1 Å². The summed E-state index contributed by atoms with van der Waals surface area (Å²) < 4.78 is 6.60. The van der Waals surface area contributed by atoms with E-state index >= 15 is 0 Å². The number of likely N-dealkylation sites (tertiary alicyclic amines) is 1. The van der Waals surface area contributed by atoms with Gasteiger partial charge in [0.15, 0.2) is 0 Å². The van der Waals surface area contributed by atoms with Crippen LogP contribution >= 0.6 is 11.6 Å². The van der Waals surface area contributed by atoms with E-state index < -0.39 is 0 Å². The maximum atomic E-state index is 6.60. The summed E-state index contributed by atoms with van der Waals surface area (Å²) in [5.41, 5.74) is 3.81. The number of hydrogen-bond acceptors (Lipinski definition) is 2. The zero-order valence-electron chi connectivity index (χ0n) is 20.9. The fourth-order valence-corrected chi connectivity index (χ4v) is 5.71. The molecule has 36 heavy (non-hydrogen) atoms. The van der Waals surface area contributed by atoms with Crippen molar-refractivity contribution in [3.05, 3.63) is 131 Å². The second-order valence-corrected chi connectivity index (χ2v) is 10.6. The van der Waals surface area contributed by atoms with Crippen molar-refractivity contribution in [2.75, 3.05) is 26.2 Å². The number of piperidine rings is 1. The number of allylic oxidation sites excluding steroid dienone is 4. The molecule has 2 nitrogen and oxygen atoms in total. The molecule has 0 N–H and O–H groups in total. The number of hydrogen-bond donors (Lipinski definition) is 0. The van der Waals surface area contributed by atoms with Gasteiger partial charge in [0.2, 0.25) is 0 Å². The van der Waals surface area contributed by atoms with Crippen LogP contribution in [0.1, 0.15) is 48.0 Å². The van der Waals surface area contributed by atoms with Gasteiger partial charge >= 0.3 is 0 Å². The molecule has 1 aliphatic carbocycles. The highest BCUT2D eigenvalue weighted by atomic mass is 35.5. The summed E-state index contributed by atoms with van der Waals surface area (Å²) in [6.07, 6.45) is 12.6. The van der Waals surface area contributed by atoms with Crippen molar-refractivity contribution in [1.82, 2.24) is 4.90 Å². The molecule has 1 aliphatic heterocycles. The number of halogens is 1. The molecule has 0 saturated carbocycles. The van der Waals surface area contributed by atoms with Crippen molar-refractivity contribution in [2.24, 2.45) is 11.8 Å². The lowest BCUT2D eigenvalue weighted by molar-refractivity contribution is 0.0297. The van der Waals surface area contributed by atoms with Crippen molar-refractivity contribution in [2.45, 2.75) is 31.3 Å². The van der Waals surface area contributed by atoms with E-state index in [1.54, 1.807) is 0 Å². The predicted octanol–water partition coefficient (Wildman–Crippen LogP) is 8.07. The van der Waals surface area contributed by atoms with E-state index in [-0.39, 0.29) is 6.10 Å². The molecule has 0 amide bonds. The molecule has 186 valence electrons. The van der Waals surface area contributed by atoms with Crippen LogP contribution in [0.3, 0.4) is 0 Å². The van der Waals surface area contributed by atoms with Crippen LogP contribution in [0.2, 0.25) is 5.02 Å². The lowest BCUT2D eigenvalue weighted by Gasteiger charge is -2.37. The molecule has 0 aromatic heterocycles. The largest absolute Gasteiger partial charge is 0.368 e. The van der Waals surface area contributed by atoms with Crippen LogP contribution in [0.15, 0.2) is 109 Å². The molecule has 3 atom stereocenters. The first-order chi connectivity index (χ1) is 17.8. The van der Waals surface area contributed by atoms with Gasteiger partial charge in [0, 0.05) is 17.5 Å². The lowest BCUT2D eigenvalue weighted by atomic mass is 9.81. The fraction of sp³-hybridized carbons (Fsp3) is 0.333. The SMILES string of the molecule is Clc1ccc(C(OCC2CCN(CC(c3ccccc3)C3C=CC=CC3)CC2)c2ccccc2)cc1. The molecule has 3 aromatic rings. The molecule has 1 saturated heterocycles. The molecule has 3 unspecified atom stereocenters.